The Kier molecular flexibility index (Phi) is 3.36. The van der Waals surface area contributed by atoms with Crippen molar-refractivity contribution >= 4 is 14.5 Å². The first-order valence-corrected chi connectivity index (χ1v) is 4.42. The highest BCUT2D eigenvalue weighted by molar-refractivity contribution is 7.27. The van der Waals surface area contributed by atoms with Gasteiger partial charge in [0.25, 0.3) is 0 Å². The molecule has 1 aromatic rings. The van der Waals surface area contributed by atoms with Gasteiger partial charge in [0.05, 0.1) is 13.7 Å². The summed E-state index contributed by atoms with van der Waals surface area (Å²) in [4.78, 5) is 0. The van der Waals surface area contributed by atoms with Crippen LogP contribution in [0.3, 0.4) is 0 Å². The van der Waals surface area contributed by atoms with Gasteiger partial charge in [0.1, 0.15) is 0 Å². The number of hydrogen-bond acceptors (Lipinski definition) is 2. The Morgan fingerprint density at radius 2 is 2.08 bits per heavy atom. The van der Waals surface area contributed by atoms with E-state index in [9.17, 15) is 0 Å². The van der Waals surface area contributed by atoms with E-state index >= 15 is 0 Å². The minimum atomic E-state index is 0.659. The maximum absolute atomic E-state index is 5.35. The number of rotatable bonds is 3. The largest absolute Gasteiger partial charge is 0.493 e. The van der Waals surface area contributed by atoms with Crippen LogP contribution in [0.4, 0.5) is 0 Å². The van der Waals surface area contributed by atoms with Crippen LogP contribution in [0.2, 0.25) is 0 Å². The molecule has 0 aliphatic heterocycles. The Hall–Kier alpha value is -0.750. The third-order valence-electron chi connectivity index (χ3n) is 1.49. The minimum Gasteiger partial charge on any atom is -0.493 e. The van der Waals surface area contributed by atoms with Crippen LogP contribution in [0, 0.1) is 0 Å². The highest BCUT2D eigenvalue weighted by atomic mass is 31.0. The van der Waals surface area contributed by atoms with Gasteiger partial charge < -0.3 is 9.47 Å². The van der Waals surface area contributed by atoms with E-state index in [1.54, 1.807) is 7.11 Å². The van der Waals surface area contributed by atoms with Crippen LogP contribution in [0.5, 0.6) is 11.5 Å². The van der Waals surface area contributed by atoms with Gasteiger partial charge in [-0.2, -0.15) is 0 Å². The first-order chi connectivity index (χ1) is 5.77. The highest BCUT2D eigenvalue weighted by Gasteiger charge is 2.01. The summed E-state index contributed by atoms with van der Waals surface area (Å²) in [5.41, 5.74) is 0. The summed E-state index contributed by atoms with van der Waals surface area (Å²) in [6, 6.07) is 5.80. The van der Waals surface area contributed by atoms with E-state index in [1.807, 2.05) is 25.1 Å². The molecule has 0 saturated heterocycles. The fourth-order valence-corrected chi connectivity index (χ4v) is 1.21. The van der Waals surface area contributed by atoms with Gasteiger partial charge in [-0.25, -0.2) is 0 Å². The molecule has 0 radical (unpaired) electrons. The van der Waals surface area contributed by atoms with Crippen LogP contribution in [0.25, 0.3) is 0 Å². The van der Waals surface area contributed by atoms with Gasteiger partial charge in [-0.05, 0) is 24.4 Å². The molecule has 1 atom stereocenters. The fourth-order valence-electron chi connectivity index (χ4n) is 0.959. The second-order valence-electron chi connectivity index (χ2n) is 2.34. The molecule has 0 aromatic heterocycles. The molecule has 1 rings (SSSR count). The summed E-state index contributed by atoms with van der Waals surface area (Å²) in [6.45, 7) is 2.61. The van der Waals surface area contributed by atoms with Gasteiger partial charge in [-0.3, -0.25) is 0 Å². The van der Waals surface area contributed by atoms with Crippen molar-refractivity contribution in [3.8, 4) is 11.5 Å². The van der Waals surface area contributed by atoms with Gasteiger partial charge in [-0.1, -0.05) is 6.07 Å². The predicted octanol–water partition coefficient (Wildman–Crippen LogP) is 1.59. The van der Waals surface area contributed by atoms with Gasteiger partial charge in [0, 0.05) is 0 Å². The minimum absolute atomic E-state index is 0.659. The molecule has 0 spiro atoms. The van der Waals surface area contributed by atoms with Crippen molar-refractivity contribution in [3.63, 3.8) is 0 Å². The summed E-state index contributed by atoms with van der Waals surface area (Å²) in [5, 5.41) is 1.09. The summed E-state index contributed by atoms with van der Waals surface area (Å²) in [5.74, 6) is 1.58. The monoisotopic (exact) mass is 184 g/mol. The highest BCUT2D eigenvalue weighted by Crippen LogP contribution is 2.25. The molecule has 0 amide bonds. The smallest absolute Gasteiger partial charge is 0.161 e. The molecule has 1 unspecified atom stereocenters. The lowest BCUT2D eigenvalue weighted by Crippen LogP contribution is -1.98. The van der Waals surface area contributed by atoms with Crippen molar-refractivity contribution in [2.24, 2.45) is 0 Å². The SMILES string of the molecule is CCOc1ccc(P)cc1OC. The summed E-state index contributed by atoms with van der Waals surface area (Å²) >= 11 is 0. The Morgan fingerprint density at radius 1 is 1.33 bits per heavy atom. The Balaban J connectivity index is 2.94. The van der Waals surface area contributed by atoms with Crippen molar-refractivity contribution in [2.75, 3.05) is 13.7 Å². The van der Waals surface area contributed by atoms with Crippen molar-refractivity contribution in [1.82, 2.24) is 0 Å². The average molecular weight is 184 g/mol. The van der Waals surface area contributed by atoms with Gasteiger partial charge >= 0.3 is 0 Å². The summed E-state index contributed by atoms with van der Waals surface area (Å²) in [6.07, 6.45) is 0. The summed E-state index contributed by atoms with van der Waals surface area (Å²) < 4.78 is 10.5. The second-order valence-corrected chi connectivity index (χ2v) is 3.01. The molecule has 0 saturated carbocycles. The van der Waals surface area contributed by atoms with E-state index in [-0.39, 0.29) is 0 Å². The van der Waals surface area contributed by atoms with Crippen LogP contribution < -0.4 is 14.8 Å². The second kappa shape index (κ2) is 4.32. The van der Waals surface area contributed by atoms with Crippen molar-refractivity contribution in [2.45, 2.75) is 6.92 Å². The van der Waals surface area contributed by atoms with Gasteiger partial charge in [0.2, 0.25) is 0 Å². The zero-order valence-electron chi connectivity index (χ0n) is 7.33. The maximum Gasteiger partial charge on any atom is 0.161 e. The molecule has 0 aliphatic rings. The molecule has 66 valence electrons. The average Bonchev–Trinajstić information content (AvgIpc) is 2.08. The lowest BCUT2D eigenvalue weighted by atomic mass is 10.3. The predicted molar refractivity (Wildman–Crippen MR) is 53.5 cm³/mol. The Labute approximate surface area is 75.1 Å². The first kappa shape index (κ1) is 9.34. The molecule has 0 bridgehead atoms. The van der Waals surface area contributed by atoms with E-state index in [0.717, 1.165) is 16.8 Å². The van der Waals surface area contributed by atoms with Crippen LogP contribution in [-0.4, -0.2) is 13.7 Å². The van der Waals surface area contributed by atoms with E-state index < -0.39 is 0 Å². The van der Waals surface area contributed by atoms with Crippen LogP contribution >= 0.6 is 9.24 Å². The van der Waals surface area contributed by atoms with Crippen molar-refractivity contribution in [3.05, 3.63) is 18.2 Å². The molecular weight excluding hydrogens is 171 g/mol. The third kappa shape index (κ3) is 2.12. The maximum atomic E-state index is 5.35. The molecule has 3 heteroatoms. The molecule has 0 fully saturated rings. The first-order valence-electron chi connectivity index (χ1n) is 3.84. The molecule has 0 heterocycles. The van der Waals surface area contributed by atoms with E-state index in [2.05, 4.69) is 9.24 Å². The third-order valence-corrected chi connectivity index (χ3v) is 1.85. The van der Waals surface area contributed by atoms with Crippen molar-refractivity contribution in [1.29, 1.82) is 0 Å². The van der Waals surface area contributed by atoms with E-state index in [0.29, 0.717) is 6.61 Å². The molecule has 1 aromatic carbocycles. The molecule has 0 aliphatic carbocycles. The molecular formula is C9H13O2P. The Morgan fingerprint density at radius 3 is 2.67 bits per heavy atom. The zero-order chi connectivity index (χ0) is 8.97. The molecule has 12 heavy (non-hydrogen) atoms. The number of benzene rings is 1. The van der Waals surface area contributed by atoms with E-state index in [4.69, 9.17) is 9.47 Å². The quantitative estimate of drug-likeness (QED) is 0.664. The fraction of sp³-hybridized carbons (Fsp3) is 0.333. The van der Waals surface area contributed by atoms with Crippen LogP contribution in [-0.2, 0) is 0 Å². The van der Waals surface area contributed by atoms with Crippen molar-refractivity contribution < 1.29 is 9.47 Å². The number of methoxy groups -OCH3 is 1. The normalized spacial score (nSPS) is 9.58. The standard InChI is InChI=1S/C9H13O2P/c1-3-11-8-5-4-7(12)6-9(8)10-2/h4-6H,3,12H2,1-2H3. The van der Waals surface area contributed by atoms with Gasteiger partial charge in [0.15, 0.2) is 11.5 Å². The Bertz CT molecular complexity index is 261. The van der Waals surface area contributed by atoms with Gasteiger partial charge in [-0.15, -0.1) is 9.24 Å². The topological polar surface area (TPSA) is 18.5 Å². The summed E-state index contributed by atoms with van der Waals surface area (Å²) in [7, 11) is 4.26. The number of hydrogen-bond donors (Lipinski definition) is 0. The molecule has 2 nitrogen and oxygen atoms in total. The van der Waals surface area contributed by atoms with Crippen LogP contribution in [0.15, 0.2) is 18.2 Å². The lowest BCUT2D eigenvalue weighted by Gasteiger charge is -2.08. The van der Waals surface area contributed by atoms with Crippen LogP contribution in [0.1, 0.15) is 6.92 Å². The zero-order valence-corrected chi connectivity index (χ0v) is 8.49. The number of ether oxygens (including phenoxy) is 2. The van der Waals surface area contributed by atoms with E-state index in [1.165, 1.54) is 0 Å². The molecule has 0 N–H and O–H groups in total. The lowest BCUT2D eigenvalue weighted by molar-refractivity contribution is 0.311.